The number of nitrogens with zero attached hydrogens (tertiary/aromatic N) is 1. The molecule has 1 heterocycles. The van der Waals surface area contributed by atoms with Crippen LogP contribution < -0.4 is 5.73 Å². The fourth-order valence-electron chi connectivity index (χ4n) is 2.04. The standard InChI is InChI=1S/C14H9BrClN3O/c15-7-4-5-8(10(16)6-7)14-18-11-3-1-2-9(13(17)20)12(11)19-14/h1-6H,(H2,17,20)(H,18,19). The number of benzene rings is 2. The molecule has 100 valence electrons. The maximum absolute atomic E-state index is 11.4. The predicted molar refractivity (Wildman–Crippen MR) is 82.8 cm³/mol. The highest BCUT2D eigenvalue weighted by molar-refractivity contribution is 9.10. The van der Waals surface area contributed by atoms with E-state index in [0.29, 0.717) is 21.9 Å². The summed E-state index contributed by atoms with van der Waals surface area (Å²) in [5.41, 5.74) is 7.80. The van der Waals surface area contributed by atoms with Crippen LogP contribution in [0.15, 0.2) is 40.9 Å². The van der Waals surface area contributed by atoms with Crippen LogP contribution in [0.1, 0.15) is 10.4 Å². The summed E-state index contributed by atoms with van der Waals surface area (Å²) in [6.45, 7) is 0. The summed E-state index contributed by atoms with van der Waals surface area (Å²) in [5.74, 6) is 0.0988. The molecular formula is C14H9BrClN3O. The number of carbonyl (C=O) groups excluding carboxylic acids is 1. The van der Waals surface area contributed by atoms with E-state index in [9.17, 15) is 4.79 Å². The summed E-state index contributed by atoms with van der Waals surface area (Å²) >= 11 is 9.57. The first kappa shape index (κ1) is 13.1. The fraction of sp³-hybridized carbons (Fsp3) is 0. The number of nitrogens with two attached hydrogens (primary N) is 1. The zero-order valence-electron chi connectivity index (χ0n) is 10.2. The van der Waals surface area contributed by atoms with Gasteiger partial charge in [-0.3, -0.25) is 4.79 Å². The molecule has 0 saturated heterocycles. The highest BCUT2D eigenvalue weighted by atomic mass is 79.9. The Hall–Kier alpha value is -1.85. The molecule has 4 nitrogen and oxygen atoms in total. The van der Waals surface area contributed by atoms with Crippen LogP contribution in [0.4, 0.5) is 0 Å². The third-order valence-electron chi connectivity index (χ3n) is 2.96. The second-order valence-corrected chi connectivity index (χ2v) is 5.60. The van der Waals surface area contributed by atoms with Crippen molar-refractivity contribution in [3.8, 4) is 11.4 Å². The van der Waals surface area contributed by atoms with Crippen molar-refractivity contribution in [1.82, 2.24) is 9.97 Å². The fourth-order valence-corrected chi connectivity index (χ4v) is 2.80. The van der Waals surface area contributed by atoms with Crippen LogP contribution in [0.25, 0.3) is 22.4 Å². The summed E-state index contributed by atoms with van der Waals surface area (Å²) in [5, 5.41) is 0.569. The second-order valence-electron chi connectivity index (χ2n) is 4.28. The number of H-pyrrole nitrogens is 1. The number of aromatic nitrogens is 2. The number of aromatic amines is 1. The summed E-state index contributed by atoms with van der Waals surface area (Å²) in [6.07, 6.45) is 0. The van der Waals surface area contributed by atoms with Crippen molar-refractivity contribution >= 4 is 44.5 Å². The van der Waals surface area contributed by atoms with Gasteiger partial charge in [0.15, 0.2) is 0 Å². The maximum atomic E-state index is 11.4. The molecular weight excluding hydrogens is 342 g/mol. The highest BCUT2D eigenvalue weighted by Gasteiger charge is 2.13. The van der Waals surface area contributed by atoms with E-state index in [-0.39, 0.29) is 0 Å². The first-order chi connectivity index (χ1) is 9.56. The monoisotopic (exact) mass is 349 g/mol. The molecule has 0 aliphatic rings. The molecule has 0 saturated carbocycles. The van der Waals surface area contributed by atoms with Crippen molar-refractivity contribution in [2.45, 2.75) is 0 Å². The van der Waals surface area contributed by atoms with Crippen LogP contribution in [0, 0.1) is 0 Å². The van der Waals surface area contributed by atoms with E-state index in [0.717, 1.165) is 15.6 Å². The van der Waals surface area contributed by atoms with Crippen LogP contribution in [-0.2, 0) is 0 Å². The van der Waals surface area contributed by atoms with E-state index in [1.165, 1.54) is 0 Å². The van der Waals surface area contributed by atoms with Gasteiger partial charge in [-0.05, 0) is 30.3 Å². The van der Waals surface area contributed by atoms with E-state index in [1.807, 2.05) is 18.2 Å². The number of amides is 1. The van der Waals surface area contributed by atoms with Crippen LogP contribution in [-0.4, -0.2) is 15.9 Å². The summed E-state index contributed by atoms with van der Waals surface area (Å²) < 4.78 is 0.889. The molecule has 0 atom stereocenters. The zero-order chi connectivity index (χ0) is 14.3. The number of fused-ring (bicyclic) bond motifs is 1. The molecule has 0 aliphatic carbocycles. The quantitative estimate of drug-likeness (QED) is 0.739. The normalized spacial score (nSPS) is 10.9. The molecule has 3 N–H and O–H groups in total. The van der Waals surface area contributed by atoms with Gasteiger partial charge in [0.2, 0.25) is 0 Å². The number of halogens is 2. The lowest BCUT2D eigenvalue weighted by atomic mass is 10.2. The minimum atomic E-state index is -0.504. The summed E-state index contributed by atoms with van der Waals surface area (Å²) in [6, 6.07) is 10.8. The third kappa shape index (κ3) is 2.19. The molecule has 1 amide bonds. The minimum Gasteiger partial charge on any atom is -0.366 e. The molecule has 3 rings (SSSR count). The van der Waals surface area contributed by atoms with Gasteiger partial charge in [-0.15, -0.1) is 0 Å². The van der Waals surface area contributed by atoms with Gasteiger partial charge in [0.05, 0.1) is 16.1 Å². The molecule has 0 fully saturated rings. The van der Waals surface area contributed by atoms with Crippen LogP contribution in [0.3, 0.4) is 0 Å². The van der Waals surface area contributed by atoms with Crippen molar-refractivity contribution in [3.05, 3.63) is 51.5 Å². The number of para-hydroxylation sites is 1. The lowest BCUT2D eigenvalue weighted by molar-refractivity contribution is 0.100. The second kappa shape index (κ2) is 4.92. The van der Waals surface area contributed by atoms with Crippen LogP contribution in [0.2, 0.25) is 5.02 Å². The molecule has 0 unspecified atom stereocenters. The third-order valence-corrected chi connectivity index (χ3v) is 3.77. The number of nitrogens with one attached hydrogen (secondary N) is 1. The Labute approximate surface area is 128 Å². The molecule has 3 aromatic rings. The smallest absolute Gasteiger partial charge is 0.250 e. The molecule has 2 aromatic carbocycles. The number of carbonyl (C=O) groups is 1. The van der Waals surface area contributed by atoms with Crippen molar-refractivity contribution in [2.24, 2.45) is 5.73 Å². The first-order valence-electron chi connectivity index (χ1n) is 5.80. The van der Waals surface area contributed by atoms with Crippen LogP contribution >= 0.6 is 27.5 Å². The Morgan fingerprint density at radius 2 is 2.10 bits per heavy atom. The Kier molecular flexibility index (Phi) is 3.23. The molecule has 0 bridgehead atoms. The summed E-state index contributed by atoms with van der Waals surface area (Å²) in [4.78, 5) is 19.0. The van der Waals surface area contributed by atoms with Crippen LogP contribution in [0.5, 0.6) is 0 Å². The Balaban J connectivity index is 2.23. The largest absolute Gasteiger partial charge is 0.366 e. The lowest BCUT2D eigenvalue weighted by Crippen LogP contribution is -2.11. The first-order valence-corrected chi connectivity index (χ1v) is 6.97. The van der Waals surface area contributed by atoms with E-state index < -0.39 is 5.91 Å². The average Bonchev–Trinajstić information content (AvgIpc) is 2.81. The van der Waals surface area contributed by atoms with Gasteiger partial charge < -0.3 is 10.7 Å². The molecule has 0 radical (unpaired) electrons. The minimum absolute atomic E-state index is 0.387. The topological polar surface area (TPSA) is 71.8 Å². The molecule has 0 aliphatic heterocycles. The zero-order valence-corrected chi connectivity index (χ0v) is 12.5. The van der Waals surface area contributed by atoms with Gasteiger partial charge >= 0.3 is 0 Å². The number of hydrogen-bond acceptors (Lipinski definition) is 2. The molecule has 0 spiro atoms. The van der Waals surface area contributed by atoms with E-state index >= 15 is 0 Å². The predicted octanol–water partition coefficient (Wildman–Crippen LogP) is 3.74. The van der Waals surface area contributed by atoms with E-state index in [4.69, 9.17) is 17.3 Å². The number of rotatable bonds is 2. The summed E-state index contributed by atoms with van der Waals surface area (Å²) in [7, 11) is 0. The van der Waals surface area contributed by atoms with Crippen molar-refractivity contribution < 1.29 is 4.79 Å². The Bertz CT molecular complexity index is 828. The van der Waals surface area contributed by atoms with Crippen molar-refractivity contribution in [2.75, 3.05) is 0 Å². The number of primary amides is 1. The van der Waals surface area contributed by atoms with Crippen molar-refractivity contribution in [1.29, 1.82) is 0 Å². The van der Waals surface area contributed by atoms with Gasteiger partial charge in [0.1, 0.15) is 11.3 Å². The van der Waals surface area contributed by atoms with Crippen molar-refractivity contribution in [3.63, 3.8) is 0 Å². The van der Waals surface area contributed by atoms with Gasteiger partial charge in [-0.1, -0.05) is 33.6 Å². The SMILES string of the molecule is NC(=O)c1cccc2[nH]c(-c3ccc(Br)cc3Cl)nc12. The van der Waals surface area contributed by atoms with E-state index in [1.54, 1.807) is 18.2 Å². The number of imidazole rings is 1. The van der Waals surface area contributed by atoms with Gasteiger partial charge in [-0.25, -0.2) is 4.98 Å². The molecule has 1 aromatic heterocycles. The average molecular weight is 351 g/mol. The molecule has 20 heavy (non-hydrogen) atoms. The number of hydrogen-bond donors (Lipinski definition) is 2. The van der Waals surface area contributed by atoms with Gasteiger partial charge in [-0.2, -0.15) is 0 Å². The Morgan fingerprint density at radius 3 is 2.80 bits per heavy atom. The highest BCUT2D eigenvalue weighted by Crippen LogP contribution is 2.30. The lowest BCUT2D eigenvalue weighted by Gasteiger charge is -2.00. The van der Waals surface area contributed by atoms with Gasteiger partial charge in [0.25, 0.3) is 5.91 Å². The molecule has 6 heteroatoms. The van der Waals surface area contributed by atoms with E-state index in [2.05, 4.69) is 25.9 Å². The van der Waals surface area contributed by atoms with Gasteiger partial charge in [0, 0.05) is 10.0 Å². The Morgan fingerprint density at radius 1 is 1.30 bits per heavy atom. The maximum Gasteiger partial charge on any atom is 0.250 e.